The van der Waals surface area contributed by atoms with Gasteiger partial charge in [0, 0.05) is 5.92 Å². The predicted molar refractivity (Wildman–Crippen MR) is 48.8 cm³/mol. The molecule has 0 heterocycles. The normalized spacial score (nSPS) is 44.8. The van der Waals surface area contributed by atoms with Gasteiger partial charge in [-0.05, 0) is 37.5 Å². The first-order valence-corrected chi connectivity index (χ1v) is 4.82. The Balaban J connectivity index is 2.30. The molecule has 0 N–H and O–H groups in total. The minimum Gasteiger partial charge on any atom is -0.300 e. The number of carbonyl (C=O) groups excluding carboxylic acids is 1. The summed E-state index contributed by atoms with van der Waals surface area (Å²) >= 11 is 0. The molecule has 1 heteroatoms. The molecule has 0 radical (unpaired) electrons. The molecule has 0 aromatic heterocycles. The summed E-state index contributed by atoms with van der Waals surface area (Å²) in [6.45, 7) is 3.97. The lowest BCUT2D eigenvalue weighted by molar-refractivity contribution is -0.125. The van der Waals surface area contributed by atoms with Gasteiger partial charge in [-0.15, -0.1) is 0 Å². The Kier molecular flexibility index (Phi) is 1.64. The van der Waals surface area contributed by atoms with Crippen LogP contribution in [0.5, 0.6) is 0 Å². The molecule has 1 nitrogen and oxygen atoms in total. The molecular formula is C11H16O. The Labute approximate surface area is 73.8 Å². The highest BCUT2D eigenvalue weighted by Crippen LogP contribution is 2.49. The Hall–Kier alpha value is -0.590. The number of carbonyl (C=O) groups is 1. The van der Waals surface area contributed by atoms with Gasteiger partial charge in [0.25, 0.3) is 0 Å². The molecule has 3 atom stereocenters. The fraction of sp³-hybridized carbons (Fsp3) is 0.727. The highest BCUT2D eigenvalue weighted by Gasteiger charge is 2.42. The molecule has 0 aliphatic heterocycles. The molecule has 3 aliphatic rings. The standard InChI is InChI=1S/C11H16O/c1-8(12)10-7-9-3-5-11(10,2)6-4-9/h3,5,9-10H,4,6-7H2,1-2H3/t9-,10+,11+/m0/s1. The Bertz CT molecular complexity index is 241. The van der Waals surface area contributed by atoms with E-state index < -0.39 is 0 Å². The van der Waals surface area contributed by atoms with E-state index in [1.54, 1.807) is 6.92 Å². The quantitative estimate of drug-likeness (QED) is 0.544. The van der Waals surface area contributed by atoms with Crippen molar-refractivity contribution in [1.29, 1.82) is 0 Å². The van der Waals surface area contributed by atoms with Crippen LogP contribution in [0.25, 0.3) is 0 Å². The lowest BCUT2D eigenvalue weighted by Crippen LogP contribution is -2.39. The zero-order chi connectivity index (χ0) is 8.77. The number of hydrogen-bond donors (Lipinski definition) is 0. The van der Waals surface area contributed by atoms with Gasteiger partial charge >= 0.3 is 0 Å². The molecule has 0 amide bonds. The van der Waals surface area contributed by atoms with Gasteiger partial charge in [-0.1, -0.05) is 19.1 Å². The van der Waals surface area contributed by atoms with Crippen LogP contribution < -0.4 is 0 Å². The lowest BCUT2D eigenvalue weighted by Gasteiger charge is -2.45. The molecule has 1 saturated carbocycles. The fourth-order valence-corrected chi connectivity index (χ4v) is 2.72. The lowest BCUT2D eigenvalue weighted by atomic mass is 9.59. The molecule has 3 aliphatic carbocycles. The Morgan fingerprint density at radius 1 is 1.58 bits per heavy atom. The molecule has 12 heavy (non-hydrogen) atoms. The third-order valence-corrected chi connectivity index (χ3v) is 3.63. The number of fused-ring (bicyclic) bond motifs is 2. The summed E-state index contributed by atoms with van der Waals surface area (Å²) in [5.41, 5.74) is 0.195. The molecule has 66 valence electrons. The molecule has 0 unspecified atom stereocenters. The average molecular weight is 164 g/mol. The number of hydrogen-bond acceptors (Lipinski definition) is 1. The van der Waals surface area contributed by atoms with E-state index in [-0.39, 0.29) is 5.41 Å². The van der Waals surface area contributed by atoms with Crippen LogP contribution in [-0.2, 0) is 4.79 Å². The van der Waals surface area contributed by atoms with Crippen molar-refractivity contribution < 1.29 is 4.79 Å². The van der Waals surface area contributed by atoms with Crippen molar-refractivity contribution in [2.75, 3.05) is 0 Å². The van der Waals surface area contributed by atoms with Gasteiger partial charge in [0.15, 0.2) is 0 Å². The van der Waals surface area contributed by atoms with Crippen LogP contribution in [0.1, 0.15) is 33.1 Å². The van der Waals surface area contributed by atoms with Gasteiger partial charge in [0.1, 0.15) is 5.78 Å². The summed E-state index contributed by atoms with van der Waals surface area (Å²) in [5.74, 6) is 1.38. The summed E-state index contributed by atoms with van der Waals surface area (Å²) in [6, 6.07) is 0. The van der Waals surface area contributed by atoms with Crippen LogP contribution in [0.2, 0.25) is 0 Å². The van der Waals surface area contributed by atoms with Crippen LogP contribution in [0.15, 0.2) is 12.2 Å². The second-order valence-electron chi connectivity index (χ2n) is 4.56. The first kappa shape index (κ1) is 8.03. The Morgan fingerprint density at radius 3 is 2.67 bits per heavy atom. The first-order chi connectivity index (χ1) is 5.62. The van der Waals surface area contributed by atoms with Crippen LogP contribution in [0.4, 0.5) is 0 Å². The molecule has 0 aromatic carbocycles. The van der Waals surface area contributed by atoms with Gasteiger partial charge in [0.2, 0.25) is 0 Å². The van der Waals surface area contributed by atoms with Crippen molar-refractivity contribution in [3.05, 3.63) is 12.2 Å². The van der Waals surface area contributed by atoms with Crippen molar-refractivity contribution in [3.8, 4) is 0 Å². The number of allylic oxidation sites excluding steroid dienone is 2. The Morgan fingerprint density at radius 2 is 2.33 bits per heavy atom. The molecule has 0 spiro atoms. The average Bonchev–Trinajstić information content (AvgIpc) is 2.04. The van der Waals surface area contributed by atoms with Gasteiger partial charge in [0.05, 0.1) is 0 Å². The predicted octanol–water partition coefficient (Wildman–Crippen LogP) is 2.57. The van der Waals surface area contributed by atoms with Gasteiger partial charge in [-0.2, -0.15) is 0 Å². The molecule has 0 aromatic rings. The van der Waals surface area contributed by atoms with E-state index in [0.717, 1.165) is 6.42 Å². The summed E-state index contributed by atoms with van der Waals surface area (Å²) in [4.78, 5) is 11.4. The highest BCUT2D eigenvalue weighted by molar-refractivity contribution is 5.80. The maximum Gasteiger partial charge on any atom is 0.133 e. The topological polar surface area (TPSA) is 17.1 Å². The van der Waals surface area contributed by atoms with E-state index in [1.165, 1.54) is 12.8 Å². The highest BCUT2D eigenvalue weighted by atomic mass is 16.1. The van der Waals surface area contributed by atoms with Crippen LogP contribution in [0.3, 0.4) is 0 Å². The van der Waals surface area contributed by atoms with E-state index in [0.29, 0.717) is 17.6 Å². The molecule has 1 fully saturated rings. The van der Waals surface area contributed by atoms with E-state index in [4.69, 9.17) is 0 Å². The number of ketones is 1. The molecule has 3 rings (SSSR count). The number of rotatable bonds is 1. The zero-order valence-corrected chi connectivity index (χ0v) is 7.84. The second kappa shape index (κ2) is 2.45. The third kappa shape index (κ3) is 1.03. The van der Waals surface area contributed by atoms with E-state index in [9.17, 15) is 4.79 Å². The first-order valence-electron chi connectivity index (χ1n) is 4.82. The van der Waals surface area contributed by atoms with Crippen molar-refractivity contribution in [2.24, 2.45) is 17.3 Å². The number of Topliss-reactive ketones (excluding diaryl/α,β-unsaturated/α-hetero) is 1. The van der Waals surface area contributed by atoms with Crippen molar-refractivity contribution >= 4 is 5.78 Å². The SMILES string of the molecule is CC(=O)[C@H]1C[C@H]2C=C[C@]1(C)CC2. The second-order valence-corrected chi connectivity index (χ2v) is 4.56. The molecular weight excluding hydrogens is 148 g/mol. The third-order valence-electron chi connectivity index (χ3n) is 3.63. The van der Waals surface area contributed by atoms with E-state index >= 15 is 0 Å². The molecule has 0 saturated heterocycles. The minimum absolute atomic E-state index is 0.195. The van der Waals surface area contributed by atoms with E-state index in [1.807, 2.05) is 0 Å². The maximum absolute atomic E-state index is 11.4. The van der Waals surface area contributed by atoms with Crippen molar-refractivity contribution in [2.45, 2.75) is 33.1 Å². The summed E-state index contributed by atoms with van der Waals surface area (Å²) in [6.07, 6.45) is 8.18. The van der Waals surface area contributed by atoms with Crippen molar-refractivity contribution in [1.82, 2.24) is 0 Å². The fourth-order valence-electron chi connectivity index (χ4n) is 2.72. The monoisotopic (exact) mass is 164 g/mol. The van der Waals surface area contributed by atoms with Gasteiger partial charge in [-0.3, -0.25) is 4.79 Å². The van der Waals surface area contributed by atoms with Crippen LogP contribution >= 0.6 is 0 Å². The van der Waals surface area contributed by atoms with Gasteiger partial charge < -0.3 is 0 Å². The largest absolute Gasteiger partial charge is 0.300 e. The minimum atomic E-state index is 0.195. The van der Waals surface area contributed by atoms with E-state index in [2.05, 4.69) is 19.1 Å². The van der Waals surface area contributed by atoms with Gasteiger partial charge in [-0.25, -0.2) is 0 Å². The van der Waals surface area contributed by atoms with Crippen LogP contribution in [-0.4, -0.2) is 5.78 Å². The van der Waals surface area contributed by atoms with Crippen LogP contribution in [0, 0.1) is 17.3 Å². The maximum atomic E-state index is 11.4. The smallest absolute Gasteiger partial charge is 0.133 e. The van der Waals surface area contributed by atoms with Crippen molar-refractivity contribution in [3.63, 3.8) is 0 Å². The summed E-state index contributed by atoms with van der Waals surface area (Å²) in [7, 11) is 0. The zero-order valence-electron chi connectivity index (χ0n) is 7.84. The summed E-state index contributed by atoms with van der Waals surface area (Å²) < 4.78 is 0. The molecule has 2 bridgehead atoms. The summed E-state index contributed by atoms with van der Waals surface area (Å²) in [5, 5.41) is 0.